The van der Waals surface area contributed by atoms with Crippen LogP contribution in [0, 0.1) is 0 Å². The van der Waals surface area contributed by atoms with Gasteiger partial charge in [0.05, 0.1) is 0 Å². The zero-order valence-electron chi connectivity index (χ0n) is 15.8. The predicted octanol–water partition coefficient (Wildman–Crippen LogP) is 3.91. The Labute approximate surface area is 172 Å². The molecule has 0 radical (unpaired) electrons. The average Bonchev–Trinajstić information content (AvgIpc) is 3.46. The summed E-state index contributed by atoms with van der Waals surface area (Å²) in [5.74, 6) is 2.02. The third-order valence-corrected chi connectivity index (χ3v) is 6.17. The Morgan fingerprint density at radius 2 is 1.97 bits per heavy atom. The van der Waals surface area contributed by atoms with Crippen molar-refractivity contribution in [2.75, 3.05) is 6.61 Å². The van der Waals surface area contributed by atoms with Crippen LogP contribution in [0.4, 0.5) is 0 Å². The summed E-state index contributed by atoms with van der Waals surface area (Å²) in [6.07, 6.45) is 3.90. The molecule has 0 bridgehead atoms. The standard InChI is InChI=1S/C21H21N3O4S/c25-19(17-12-26-15-6-2-3-7-16(15)27-17)23-21(9-4-1-5-10-21)20-22-18(24-28-20)14-8-11-29-13-14/h2-3,6-8,11,13,17H,1,4-5,9-10,12H2,(H,23,25)/t17-/m1/s1. The summed E-state index contributed by atoms with van der Waals surface area (Å²) in [6, 6.07) is 9.32. The number of nitrogens with one attached hydrogen (secondary N) is 1. The second kappa shape index (κ2) is 7.51. The molecule has 1 aromatic carbocycles. The number of hydrogen-bond donors (Lipinski definition) is 1. The van der Waals surface area contributed by atoms with Gasteiger partial charge in [-0.1, -0.05) is 36.6 Å². The number of fused-ring (bicyclic) bond motifs is 1. The molecule has 3 heterocycles. The first kappa shape index (κ1) is 18.2. The molecule has 1 aliphatic carbocycles. The molecule has 29 heavy (non-hydrogen) atoms. The Balaban J connectivity index is 1.38. The summed E-state index contributed by atoms with van der Waals surface area (Å²) in [4.78, 5) is 17.7. The molecule has 1 amide bonds. The molecule has 150 valence electrons. The molecule has 3 aromatic rings. The fourth-order valence-electron chi connectivity index (χ4n) is 3.94. The van der Waals surface area contributed by atoms with Crippen LogP contribution in [0.25, 0.3) is 11.4 Å². The van der Waals surface area contributed by atoms with Crippen molar-refractivity contribution >= 4 is 17.2 Å². The lowest BCUT2D eigenvalue weighted by Crippen LogP contribution is -2.53. The van der Waals surface area contributed by atoms with Crippen molar-refractivity contribution in [2.24, 2.45) is 0 Å². The minimum atomic E-state index is -0.719. The van der Waals surface area contributed by atoms with E-state index in [1.54, 1.807) is 17.4 Å². The molecule has 1 aliphatic heterocycles. The van der Waals surface area contributed by atoms with E-state index in [0.29, 0.717) is 23.2 Å². The second-order valence-electron chi connectivity index (χ2n) is 7.43. The van der Waals surface area contributed by atoms with E-state index in [4.69, 9.17) is 14.0 Å². The van der Waals surface area contributed by atoms with Crippen molar-refractivity contribution in [1.29, 1.82) is 0 Å². The minimum Gasteiger partial charge on any atom is -0.485 e. The topological polar surface area (TPSA) is 86.5 Å². The number of nitrogens with zero attached hydrogens (tertiary/aromatic N) is 2. The highest BCUT2D eigenvalue weighted by Crippen LogP contribution is 2.38. The maximum atomic E-state index is 13.1. The Bertz CT molecular complexity index is 995. The van der Waals surface area contributed by atoms with Crippen LogP contribution < -0.4 is 14.8 Å². The van der Waals surface area contributed by atoms with Gasteiger partial charge in [0, 0.05) is 10.9 Å². The van der Waals surface area contributed by atoms with Crippen molar-refractivity contribution < 1.29 is 18.8 Å². The lowest BCUT2D eigenvalue weighted by atomic mass is 9.81. The van der Waals surface area contributed by atoms with Crippen molar-refractivity contribution in [3.05, 3.63) is 47.0 Å². The van der Waals surface area contributed by atoms with E-state index >= 15 is 0 Å². The highest BCUT2D eigenvalue weighted by atomic mass is 32.1. The number of hydrogen-bond acceptors (Lipinski definition) is 7. The van der Waals surface area contributed by atoms with Crippen molar-refractivity contribution in [3.63, 3.8) is 0 Å². The Hall–Kier alpha value is -2.87. The number of rotatable bonds is 4. The van der Waals surface area contributed by atoms with Gasteiger partial charge in [0.2, 0.25) is 11.9 Å². The summed E-state index contributed by atoms with van der Waals surface area (Å²) < 4.78 is 17.2. The molecule has 1 atom stereocenters. The van der Waals surface area contributed by atoms with Crippen LogP contribution >= 0.6 is 11.3 Å². The summed E-state index contributed by atoms with van der Waals surface area (Å²) >= 11 is 1.58. The number of amides is 1. The summed E-state index contributed by atoms with van der Waals surface area (Å²) in [6.45, 7) is 0.170. The molecule has 0 saturated heterocycles. The van der Waals surface area contributed by atoms with E-state index in [1.165, 1.54) is 0 Å². The molecule has 7 nitrogen and oxygen atoms in total. The summed E-state index contributed by atoms with van der Waals surface area (Å²) in [5.41, 5.74) is 0.250. The normalized spacial score (nSPS) is 20.2. The van der Waals surface area contributed by atoms with E-state index < -0.39 is 11.6 Å². The molecule has 2 aliphatic rings. The first-order chi connectivity index (χ1) is 14.2. The van der Waals surface area contributed by atoms with Crippen molar-refractivity contribution in [2.45, 2.75) is 43.7 Å². The van der Waals surface area contributed by atoms with E-state index in [2.05, 4.69) is 15.5 Å². The van der Waals surface area contributed by atoms with Crippen LogP contribution in [-0.4, -0.2) is 28.8 Å². The van der Waals surface area contributed by atoms with Crippen LogP contribution in [0.2, 0.25) is 0 Å². The van der Waals surface area contributed by atoms with Gasteiger partial charge in [-0.05, 0) is 36.4 Å². The number of carbonyl (C=O) groups excluding carboxylic acids is 1. The molecule has 1 fully saturated rings. The summed E-state index contributed by atoms with van der Waals surface area (Å²) in [5, 5.41) is 11.3. The van der Waals surface area contributed by atoms with Crippen molar-refractivity contribution in [1.82, 2.24) is 15.5 Å². The first-order valence-electron chi connectivity index (χ1n) is 9.81. The van der Waals surface area contributed by atoms with Gasteiger partial charge in [-0.2, -0.15) is 16.3 Å². The van der Waals surface area contributed by atoms with Crippen LogP contribution in [0.1, 0.15) is 38.0 Å². The van der Waals surface area contributed by atoms with Gasteiger partial charge in [0.1, 0.15) is 12.1 Å². The van der Waals surface area contributed by atoms with Gasteiger partial charge < -0.3 is 19.3 Å². The number of aromatic nitrogens is 2. The number of benzene rings is 1. The van der Waals surface area contributed by atoms with Gasteiger partial charge in [-0.15, -0.1) is 0 Å². The lowest BCUT2D eigenvalue weighted by Gasteiger charge is -2.36. The molecule has 2 aromatic heterocycles. The van der Waals surface area contributed by atoms with Gasteiger partial charge in [0.25, 0.3) is 11.8 Å². The van der Waals surface area contributed by atoms with Crippen LogP contribution in [0.5, 0.6) is 11.5 Å². The maximum absolute atomic E-state index is 13.1. The smallest absolute Gasteiger partial charge is 0.265 e. The third-order valence-electron chi connectivity index (χ3n) is 5.49. The Kier molecular flexibility index (Phi) is 4.71. The molecular formula is C21H21N3O4S. The second-order valence-corrected chi connectivity index (χ2v) is 8.21. The van der Waals surface area contributed by atoms with Gasteiger partial charge in [0.15, 0.2) is 11.5 Å². The van der Waals surface area contributed by atoms with E-state index in [-0.39, 0.29) is 12.5 Å². The fourth-order valence-corrected chi connectivity index (χ4v) is 4.57. The van der Waals surface area contributed by atoms with E-state index in [1.807, 2.05) is 35.0 Å². The number of ether oxygens (including phenoxy) is 2. The number of para-hydroxylation sites is 2. The third kappa shape index (κ3) is 3.48. The first-order valence-corrected chi connectivity index (χ1v) is 10.8. The SMILES string of the molecule is O=C(NC1(c2nc(-c3ccsc3)no2)CCCCC1)[C@H]1COc2ccccc2O1. The van der Waals surface area contributed by atoms with Gasteiger partial charge in [-0.3, -0.25) is 4.79 Å². The lowest BCUT2D eigenvalue weighted by molar-refractivity contribution is -0.133. The van der Waals surface area contributed by atoms with Crippen molar-refractivity contribution in [3.8, 4) is 22.9 Å². The highest BCUT2D eigenvalue weighted by molar-refractivity contribution is 7.08. The molecular weight excluding hydrogens is 390 g/mol. The highest BCUT2D eigenvalue weighted by Gasteiger charge is 2.43. The van der Waals surface area contributed by atoms with Gasteiger partial charge >= 0.3 is 0 Å². The Morgan fingerprint density at radius 1 is 1.14 bits per heavy atom. The number of carbonyl (C=O) groups is 1. The number of thiophene rings is 1. The van der Waals surface area contributed by atoms with E-state index in [9.17, 15) is 4.79 Å². The molecule has 0 unspecified atom stereocenters. The van der Waals surface area contributed by atoms with Gasteiger partial charge in [-0.25, -0.2) is 0 Å². The minimum absolute atomic E-state index is 0.170. The zero-order valence-corrected chi connectivity index (χ0v) is 16.6. The average molecular weight is 411 g/mol. The predicted molar refractivity (Wildman–Crippen MR) is 107 cm³/mol. The molecule has 1 saturated carbocycles. The molecule has 8 heteroatoms. The molecule has 1 N–H and O–H groups in total. The fraction of sp³-hybridized carbons (Fsp3) is 0.381. The molecule has 0 spiro atoms. The largest absolute Gasteiger partial charge is 0.485 e. The monoisotopic (exact) mass is 411 g/mol. The molecule has 5 rings (SSSR count). The zero-order chi connectivity index (χ0) is 19.7. The van der Waals surface area contributed by atoms with Crippen LogP contribution in [0.3, 0.4) is 0 Å². The summed E-state index contributed by atoms with van der Waals surface area (Å²) in [7, 11) is 0. The van der Waals surface area contributed by atoms with Crippen LogP contribution in [-0.2, 0) is 10.3 Å². The van der Waals surface area contributed by atoms with E-state index in [0.717, 1.165) is 37.7 Å². The maximum Gasteiger partial charge on any atom is 0.265 e. The quantitative estimate of drug-likeness (QED) is 0.700. The van der Waals surface area contributed by atoms with Crippen LogP contribution in [0.15, 0.2) is 45.6 Å². The Morgan fingerprint density at radius 3 is 2.76 bits per heavy atom.